The molecule has 5 fully saturated rings. The minimum atomic E-state index is -0.373. The number of anilines is 1. The number of imide groups is 1. The Morgan fingerprint density at radius 2 is 1.56 bits per heavy atom. The predicted octanol–water partition coefficient (Wildman–Crippen LogP) is 3.82. The summed E-state index contributed by atoms with van der Waals surface area (Å²) >= 11 is 0. The molecule has 4 heteroatoms. The van der Waals surface area contributed by atoms with E-state index in [1.54, 1.807) is 0 Å². The van der Waals surface area contributed by atoms with Crippen molar-refractivity contribution in [1.29, 1.82) is 0 Å². The molecule has 1 aromatic carbocycles. The molecular weight excluding hydrogens is 336 g/mol. The Balaban J connectivity index is 1.32. The largest absolute Gasteiger partial charge is 0.302 e. The van der Waals surface area contributed by atoms with E-state index in [0.717, 1.165) is 23.3 Å². The van der Waals surface area contributed by atoms with Gasteiger partial charge >= 0.3 is 0 Å². The first kappa shape index (κ1) is 17.4. The SMILES string of the molecule is Cc1ccc(N2C(=O)C[C@H](N[C@@H](C)C34CC5CC(CC(C5)C3)C4)C2=O)cc1. The summed E-state index contributed by atoms with van der Waals surface area (Å²) in [7, 11) is 0. The molecule has 1 aromatic rings. The quantitative estimate of drug-likeness (QED) is 0.824. The third-order valence-electron chi connectivity index (χ3n) is 7.89. The van der Waals surface area contributed by atoms with Crippen molar-refractivity contribution in [1.82, 2.24) is 5.32 Å². The van der Waals surface area contributed by atoms with Gasteiger partial charge in [0, 0.05) is 6.04 Å². The van der Waals surface area contributed by atoms with Crippen LogP contribution in [0.5, 0.6) is 0 Å². The molecule has 1 N–H and O–H groups in total. The summed E-state index contributed by atoms with van der Waals surface area (Å²) in [5.74, 6) is 2.51. The molecule has 2 atom stereocenters. The van der Waals surface area contributed by atoms with Crippen LogP contribution in [0, 0.1) is 30.1 Å². The summed E-state index contributed by atoms with van der Waals surface area (Å²) in [6, 6.07) is 7.57. The lowest BCUT2D eigenvalue weighted by Gasteiger charge is -2.59. The van der Waals surface area contributed by atoms with Crippen molar-refractivity contribution in [2.24, 2.45) is 23.2 Å². The van der Waals surface area contributed by atoms with Crippen LogP contribution in [0.15, 0.2) is 24.3 Å². The minimum absolute atomic E-state index is 0.0829. The first-order chi connectivity index (χ1) is 12.9. The van der Waals surface area contributed by atoms with Crippen LogP contribution in [0.2, 0.25) is 0 Å². The highest BCUT2D eigenvalue weighted by atomic mass is 16.2. The Kier molecular flexibility index (Phi) is 3.98. The van der Waals surface area contributed by atoms with Gasteiger partial charge in [0.2, 0.25) is 5.91 Å². The zero-order valence-electron chi connectivity index (χ0n) is 16.4. The number of nitrogens with zero attached hydrogens (tertiary/aromatic N) is 1. The zero-order chi connectivity index (χ0) is 18.8. The van der Waals surface area contributed by atoms with Crippen molar-refractivity contribution < 1.29 is 9.59 Å². The molecule has 0 spiro atoms. The molecule has 4 saturated carbocycles. The molecule has 4 bridgehead atoms. The summed E-state index contributed by atoms with van der Waals surface area (Å²) in [6.45, 7) is 4.27. The average molecular weight is 367 g/mol. The van der Waals surface area contributed by atoms with Crippen molar-refractivity contribution in [3.63, 3.8) is 0 Å². The highest BCUT2D eigenvalue weighted by Gasteiger charge is 2.54. The van der Waals surface area contributed by atoms with Gasteiger partial charge in [0.25, 0.3) is 5.91 Å². The highest BCUT2D eigenvalue weighted by Crippen LogP contribution is 2.61. The van der Waals surface area contributed by atoms with Crippen LogP contribution in [0.1, 0.15) is 57.4 Å². The molecule has 4 aliphatic carbocycles. The Morgan fingerprint density at radius 3 is 2.11 bits per heavy atom. The fourth-order valence-corrected chi connectivity index (χ4v) is 6.91. The van der Waals surface area contributed by atoms with Crippen LogP contribution in [0.3, 0.4) is 0 Å². The molecule has 0 radical (unpaired) electrons. The zero-order valence-corrected chi connectivity index (χ0v) is 16.4. The highest BCUT2D eigenvalue weighted by molar-refractivity contribution is 6.22. The number of nitrogens with one attached hydrogen (secondary N) is 1. The van der Waals surface area contributed by atoms with E-state index >= 15 is 0 Å². The number of hydrogen-bond donors (Lipinski definition) is 1. The number of hydrogen-bond acceptors (Lipinski definition) is 3. The smallest absolute Gasteiger partial charge is 0.251 e. The fourth-order valence-electron chi connectivity index (χ4n) is 6.91. The van der Waals surface area contributed by atoms with Gasteiger partial charge in [-0.15, -0.1) is 0 Å². The first-order valence-corrected chi connectivity index (χ1v) is 10.6. The van der Waals surface area contributed by atoms with E-state index < -0.39 is 0 Å². The van der Waals surface area contributed by atoms with Crippen LogP contribution in [-0.4, -0.2) is 23.9 Å². The van der Waals surface area contributed by atoms with Crippen LogP contribution in [0.4, 0.5) is 5.69 Å². The van der Waals surface area contributed by atoms with Gasteiger partial charge in [-0.2, -0.15) is 0 Å². The molecule has 2 amide bonds. The molecule has 1 aliphatic heterocycles. The van der Waals surface area contributed by atoms with E-state index in [1.165, 1.54) is 43.4 Å². The first-order valence-electron chi connectivity index (χ1n) is 10.6. The second kappa shape index (κ2) is 6.16. The van der Waals surface area contributed by atoms with Crippen LogP contribution in [-0.2, 0) is 9.59 Å². The number of benzene rings is 1. The van der Waals surface area contributed by atoms with Gasteiger partial charge in [0.15, 0.2) is 0 Å². The number of amides is 2. The number of aryl methyl sites for hydroxylation is 1. The number of carbonyl (C=O) groups excluding carboxylic acids is 2. The standard InChI is InChI=1S/C23H30N2O2/c1-14-3-5-19(6-4-14)25-21(26)10-20(22(25)27)24-15(2)23-11-16-7-17(12-23)9-18(8-16)13-23/h3-6,15-18,20,24H,7-13H2,1-2H3/t15-,16?,17?,18?,20-,23?/m0/s1. The summed E-state index contributed by atoms with van der Waals surface area (Å²) < 4.78 is 0. The molecule has 144 valence electrons. The molecule has 1 saturated heterocycles. The lowest BCUT2D eigenvalue weighted by atomic mass is 9.48. The van der Waals surface area contributed by atoms with E-state index in [0.29, 0.717) is 17.1 Å². The molecule has 0 aromatic heterocycles. The Hall–Kier alpha value is -1.68. The topological polar surface area (TPSA) is 49.4 Å². The number of rotatable bonds is 4. The maximum absolute atomic E-state index is 13.0. The summed E-state index contributed by atoms with van der Waals surface area (Å²) in [6.07, 6.45) is 8.48. The van der Waals surface area contributed by atoms with Gasteiger partial charge in [-0.3, -0.25) is 9.59 Å². The molecule has 6 rings (SSSR count). The fraction of sp³-hybridized carbons (Fsp3) is 0.652. The lowest BCUT2D eigenvalue weighted by Crippen LogP contribution is -2.57. The second-order valence-electron chi connectivity index (χ2n) is 9.83. The molecule has 27 heavy (non-hydrogen) atoms. The minimum Gasteiger partial charge on any atom is -0.302 e. The second-order valence-corrected chi connectivity index (χ2v) is 9.83. The van der Waals surface area contributed by atoms with Gasteiger partial charge in [0.1, 0.15) is 0 Å². The van der Waals surface area contributed by atoms with E-state index in [9.17, 15) is 9.59 Å². The van der Waals surface area contributed by atoms with Crippen molar-refractivity contribution in [2.75, 3.05) is 4.90 Å². The van der Waals surface area contributed by atoms with Crippen molar-refractivity contribution in [3.05, 3.63) is 29.8 Å². The van der Waals surface area contributed by atoms with E-state index in [1.807, 2.05) is 31.2 Å². The van der Waals surface area contributed by atoms with Crippen molar-refractivity contribution >= 4 is 17.5 Å². The summed E-state index contributed by atoms with van der Waals surface area (Å²) in [5, 5.41) is 3.62. The van der Waals surface area contributed by atoms with Crippen LogP contribution >= 0.6 is 0 Å². The lowest BCUT2D eigenvalue weighted by molar-refractivity contribution is -0.122. The average Bonchev–Trinajstić information content (AvgIpc) is 2.88. The Morgan fingerprint density at radius 1 is 1.00 bits per heavy atom. The van der Waals surface area contributed by atoms with E-state index in [-0.39, 0.29) is 24.3 Å². The van der Waals surface area contributed by atoms with Gasteiger partial charge in [-0.05, 0) is 87.7 Å². The monoisotopic (exact) mass is 366 g/mol. The summed E-state index contributed by atoms with van der Waals surface area (Å²) in [4.78, 5) is 27.0. The van der Waals surface area contributed by atoms with Crippen molar-refractivity contribution in [2.45, 2.75) is 70.9 Å². The van der Waals surface area contributed by atoms with Gasteiger partial charge in [-0.25, -0.2) is 4.90 Å². The molecule has 1 heterocycles. The van der Waals surface area contributed by atoms with Gasteiger partial charge in [-0.1, -0.05) is 17.7 Å². The Bertz CT molecular complexity index is 734. The third kappa shape index (κ3) is 2.84. The summed E-state index contributed by atoms with van der Waals surface area (Å²) in [5.41, 5.74) is 2.17. The molecule has 5 aliphatic rings. The molecule has 4 nitrogen and oxygen atoms in total. The van der Waals surface area contributed by atoms with Crippen LogP contribution in [0.25, 0.3) is 0 Å². The number of carbonyl (C=O) groups is 2. The van der Waals surface area contributed by atoms with Crippen molar-refractivity contribution in [3.8, 4) is 0 Å². The third-order valence-corrected chi connectivity index (χ3v) is 7.89. The molecule has 0 unspecified atom stereocenters. The molecular formula is C23H30N2O2. The maximum atomic E-state index is 13.0. The van der Waals surface area contributed by atoms with Crippen LogP contribution < -0.4 is 10.2 Å². The maximum Gasteiger partial charge on any atom is 0.251 e. The normalized spacial score (nSPS) is 38.7. The Labute approximate surface area is 161 Å². The van der Waals surface area contributed by atoms with E-state index in [2.05, 4.69) is 12.2 Å². The predicted molar refractivity (Wildman–Crippen MR) is 105 cm³/mol. The van der Waals surface area contributed by atoms with Gasteiger partial charge in [0.05, 0.1) is 18.2 Å². The van der Waals surface area contributed by atoms with Gasteiger partial charge < -0.3 is 5.32 Å². The van der Waals surface area contributed by atoms with E-state index in [4.69, 9.17) is 0 Å².